The van der Waals surface area contributed by atoms with Gasteiger partial charge in [-0.1, -0.05) is 27.7 Å². The highest BCUT2D eigenvalue weighted by atomic mass is 16.7. The molecule has 0 amide bonds. The zero-order valence-corrected chi connectivity index (χ0v) is 33.9. The molecule has 3 heterocycles. The number of hydrogen-bond donors (Lipinski definition) is 4. The van der Waals surface area contributed by atoms with E-state index in [-0.39, 0.29) is 42.9 Å². The van der Waals surface area contributed by atoms with Gasteiger partial charge in [0.2, 0.25) is 11.6 Å². The molecule has 0 radical (unpaired) electrons. The van der Waals surface area contributed by atoms with Crippen LogP contribution in [0.15, 0.2) is 4.99 Å². The molecule has 0 aromatic carbocycles. The molecular formula is C39H66N2O12. The largest absolute Gasteiger partial charge is 0.388 e. The smallest absolute Gasteiger partial charge is 0.204 e. The van der Waals surface area contributed by atoms with Crippen LogP contribution in [0.25, 0.3) is 0 Å². The number of ketones is 3. The Kier molecular flexibility index (Phi) is 13.6. The molecule has 1 saturated carbocycles. The van der Waals surface area contributed by atoms with E-state index in [1.54, 1.807) is 48.5 Å². The number of fused-ring (bicyclic) bond motifs is 2. The Morgan fingerprint density at radius 1 is 0.906 bits per heavy atom. The van der Waals surface area contributed by atoms with Gasteiger partial charge in [0, 0.05) is 37.3 Å². The fourth-order valence-corrected chi connectivity index (χ4v) is 9.46. The van der Waals surface area contributed by atoms with Crippen LogP contribution in [-0.2, 0) is 38.1 Å². The van der Waals surface area contributed by atoms with Crippen molar-refractivity contribution >= 4 is 23.1 Å². The highest BCUT2D eigenvalue weighted by Gasteiger charge is 2.58. The van der Waals surface area contributed by atoms with E-state index in [0.717, 1.165) is 0 Å². The van der Waals surface area contributed by atoms with Crippen LogP contribution in [0.5, 0.6) is 0 Å². The number of Topliss-reactive ketones (excluding diaryl/α,β-unsaturated/α-hetero) is 3. The van der Waals surface area contributed by atoms with Crippen LogP contribution < -0.4 is 0 Å². The summed E-state index contributed by atoms with van der Waals surface area (Å²) in [7, 11) is 5.20. The molecule has 4 aliphatic rings. The summed E-state index contributed by atoms with van der Waals surface area (Å²) in [5, 5.41) is 45.8. The molecule has 2 bridgehead atoms. The molecule has 14 heteroatoms. The first-order valence-corrected chi connectivity index (χ1v) is 19.3. The van der Waals surface area contributed by atoms with Gasteiger partial charge in [-0.25, -0.2) is 0 Å². The summed E-state index contributed by atoms with van der Waals surface area (Å²) in [5.41, 5.74) is -4.22. The Balaban J connectivity index is 1.93. The Morgan fingerprint density at radius 2 is 1.53 bits per heavy atom. The van der Waals surface area contributed by atoms with E-state index in [1.807, 2.05) is 32.8 Å². The number of ether oxygens (including phenoxy) is 5. The summed E-state index contributed by atoms with van der Waals surface area (Å²) in [6.45, 7) is 16.8. The van der Waals surface area contributed by atoms with E-state index in [0.29, 0.717) is 6.42 Å². The molecule has 3 fully saturated rings. The Bertz CT molecular complexity index is 1370. The van der Waals surface area contributed by atoms with Crippen LogP contribution in [0.2, 0.25) is 0 Å². The minimum Gasteiger partial charge on any atom is -0.388 e. The van der Waals surface area contributed by atoms with Gasteiger partial charge in [-0.15, -0.1) is 0 Å². The van der Waals surface area contributed by atoms with Gasteiger partial charge in [0.25, 0.3) is 0 Å². The minimum atomic E-state index is -2.07. The fourth-order valence-electron chi connectivity index (χ4n) is 9.46. The van der Waals surface area contributed by atoms with E-state index in [9.17, 15) is 34.8 Å². The normalized spacial score (nSPS) is 50.2. The zero-order valence-electron chi connectivity index (χ0n) is 33.9. The van der Waals surface area contributed by atoms with Crippen LogP contribution in [0, 0.1) is 29.1 Å². The topological polar surface area (TPSA) is 194 Å². The average molecular weight is 755 g/mol. The maximum absolute atomic E-state index is 14.8. The van der Waals surface area contributed by atoms with Crippen LogP contribution in [0.4, 0.5) is 0 Å². The predicted molar refractivity (Wildman–Crippen MR) is 195 cm³/mol. The van der Waals surface area contributed by atoms with Gasteiger partial charge in [-0.3, -0.25) is 19.4 Å². The van der Waals surface area contributed by atoms with E-state index >= 15 is 0 Å². The second-order valence-electron chi connectivity index (χ2n) is 17.3. The van der Waals surface area contributed by atoms with Crippen LogP contribution >= 0.6 is 0 Å². The van der Waals surface area contributed by atoms with E-state index < -0.39 is 107 Å². The van der Waals surface area contributed by atoms with Crippen molar-refractivity contribution in [1.29, 1.82) is 0 Å². The number of aliphatic hydroxyl groups is 4. The number of aliphatic imine (C=N–C) groups is 1. The van der Waals surface area contributed by atoms with Crippen LogP contribution in [0.1, 0.15) is 94.9 Å². The van der Waals surface area contributed by atoms with E-state index in [1.165, 1.54) is 14.0 Å². The lowest BCUT2D eigenvalue weighted by molar-refractivity contribution is -0.311. The number of rotatable bonds is 7. The van der Waals surface area contributed by atoms with Crippen molar-refractivity contribution in [3.8, 4) is 0 Å². The number of aliphatic hydroxyl groups excluding tert-OH is 3. The third kappa shape index (κ3) is 8.24. The van der Waals surface area contributed by atoms with Gasteiger partial charge in [-0.05, 0) is 74.9 Å². The van der Waals surface area contributed by atoms with Gasteiger partial charge in [0.1, 0.15) is 18.3 Å². The molecule has 2 saturated heterocycles. The Labute approximate surface area is 314 Å². The number of hydrogen-bond acceptors (Lipinski definition) is 14. The van der Waals surface area contributed by atoms with Gasteiger partial charge >= 0.3 is 0 Å². The highest BCUT2D eigenvalue weighted by Crippen LogP contribution is 2.48. The van der Waals surface area contributed by atoms with Gasteiger partial charge in [0.05, 0.1) is 58.7 Å². The molecule has 0 aromatic heterocycles. The third-order valence-corrected chi connectivity index (χ3v) is 12.9. The number of carbonyl (C=O) groups is 3. The molecule has 3 aliphatic heterocycles. The standard InChI is InChI=1S/C39H66N2O12/c1-14-24-29(43)28(42)20(4)31(52-26-17-38(9,49-13)33(46)23(7)51-26)21(5)35(53-36-30(44)25(41(11)12)15-19(3)50-36)37(8)16-18(2)27(34(37)47)40-22(6)32(45)39(24,10)48/h18-26,30-33,35-36,44-46,48H,14-17H2,1-13H3/b40-27-/t18-,19-,20+,21+,22-,23+,24+,25+,26+,30-,31-,32-,33+,35-,36+,37+,38-,39+/m1/s1. The van der Waals surface area contributed by atoms with E-state index in [4.69, 9.17) is 23.7 Å². The minimum absolute atomic E-state index is 0.0420. The molecule has 4 N–H and O–H groups in total. The molecule has 1 aliphatic carbocycles. The summed E-state index contributed by atoms with van der Waals surface area (Å²) in [5.74, 6) is -5.72. The SMILES string of the molecule is CC[C@H]1C(=O)C(=O)[C@H](C)[C@@H](O[C@H]2C[C@@](C)(OC)[C@@H](O)[C@H](C)O2)[C@H](C)[C@@H](O[C@@H]2O[C@H](C)C[C@H](N(C)C)[C@H]2O)[C@@]2(C)C[C@@H](C)/C(=N/[C@H](C)[C@@H](O)[C@@]1(C)O)C2=O. The van der Waals surface area contributed by atoms with Gasteiger partial charge in [0.15, 0.2) is 18.4 Å². The van der Waals surface area contributed by atoms with Crippen molar-refractivity contribution in [3.05, 3.63) is 0 Å². The second-order valence-corrected chi connectivity index (χ2v) is 17.3. The Hall–Kier alpha value is -1.72. The lowest BCUT2D eigenvalue weighted by Gasteiger charge is -2.48. The van der Waals surface area contributed by atoms with Gasteiger partial charge in [-0.2, -0.15) is 0 Å². The average Bonchev–Trinajstić information content (AvgIpc) is 3.30. The molecule has 18 atom stereocenters. The summed E-state index contributed by atoms with van der Waals surface area (Å²) < 4.78 is 31.6. The van der Waals surface area contributed by atoms with Crippen LogP contribution in [0.3, 0.4) is 0 Å². The summed E-state index contributed by atoms with van der Waals surface area (Å²) in [6, 6.07) is -1.32. The van der Waals surface area contributed by atoms with Crippen molar-refractivity contribution in [3.63, 3.8) is 0 Å². The number of methoxy groups -OCH3 is 1. The number of nitrogens with zero attached hydrogens (tertiary/aromatic N) is 2. The van der Waals surface area contributed by atoms with Crippen molar-refractivity contribution in [2.75, 3.05) is 21.2 Å². The monoisotopic (exact) mass is 754 g/mol. The highest BCUT2D eigenvalue weighted by molar-refractivity contribution is 6.44. The quantitative estimate of drug-likeness (QED) is 0.277. The lowest BCUT2D eigenvalue weighted by atomic mass is 9.70. The Morgan fingerprint density at radius 3 is 2.09 bits per heavy atom. The van der Waals surface area contributed by atoms with E-state index in [2.05, 4.69) is 4.99 Å². The third-order valence-electron chi connectivity index (χ3n) is 12.9. The predicted octanol–water partition coefficient (Wildman–Crippen LogP) is 2.09. The zero-order chi connectivity index (χ0) is 40.1. The maximum atomic E-state index is 14.8. The first kappa shape index (κ1) is 44.0. The first-order chi connectivity index (χ1) is 24.5. The molecule has 304 valence electrons. The number of likely N-dealkylation sites (N-methyl/N-ethyl adjacent to an activating group) is 1. The molecular weight excluding hydrogens is 688 g/mol. The van der Waals surface area contributed by atoms with Crippen molar-refractivity contribution < 1.29 is 58.5 Å². The lowest BCUT2D eigenvalue weighted by Crippen LogP contribution is -2.60. The van der Waals surface area contributed by atoms with Crippen molar-refractivity contribution in [2.24, 2.45) is 34.1 Å². The van der Waals surface area contributed by atoms with Crippen molar-refractivity contribution in [1.82, 2.24) is 4.90 Å². The maximum Gasteiger partial charge on any atom is 0.204 e. The molecule has 0 aromatic rings. The molecule has 0 spiro atoms. The molecule has 0 unspecified atom stereocenters. The molecule has 14 nitrogen and oxygen atoms in total. The summed E-state index contributed by atoms with van der Waals surface area (Å²) >= 11 is 0. The van der Waals surface area contributed by atoms with Gasteiger partial charge < -0.3 is 49.0 Å². The number of carbonyl (C=O) groups excluding carboxylic acids is 3. The first-order valence-electron chi connectivity index (χ1n) is 19.3. The van der Waals surface area contributed by atoms with Crippen molar-refractivity contribution in [2.45, 2.75) is 174 Å². The molecule has 53 heavy (non-hydrogen) atoms. The fraction of sp³-hybridized carbons (Fsp3) is 0.897. The summed E-state index contributed by atoms with van der Waals surface area (Å²) in [4.78, 5) is 49.9. The molecule has 4 rings (SSSR count). The second kappa shape index (κ2) is 16.4. The van der Waals surface area contributed by atoms with Crippen LogP contribution in [-0.4, -0.2) is 148 Å². The summed E-state index contributed by atoms with van der Waals surface area (Å²) in [6.07, 6.45) is -8.13.